The van der Waals surface area contributed by atoms with Crippen molar-refractivity contribution >= 4 is 0 Å². The fraction of sp³-hybridized carbons (Fsp3) is 0.346. The van der Waals surface area contributed by atoms with Crippen molar-refractivity contribution in [3.05, 3.63) is 88.7 Å². The summed E-state index contributed by atoms with van der Waals surface area (Å²) in [5, 5.41) is 0. The number of benzene rings is 2. The van der Waals surface area contributed by atoms with Crippen LogP contribution < -0.4 is 0 Å². The Morgan fingerprint density at radius 2 is 1.81 bits per heavy atom. The first-order valence-electron chi connectivity index (χ1n) is 10.5. The molecule has 0 radical (unpaired) electrons. The van der Waals surface area contributed by atoms with E-state index in [1.54, 1.807) is 16.7 Å². The van der Waals surface area contributed by atoms with E-state index in [4.69, 9.17) is 0 Å². The molecule has 0 N–H and O–H groups in total. The fourth-order valence-corrected chi connectivity index (χ4v) is 5.54. The lowest BCUT2D eigenvalue weighted by Gasteiger charge is -2.34. The highest BCUT2D eigenvalue weighted by Gasteiger charge is 2.29. The van der Waals surface area contributed by atoms with Gasteiger partial charge in [0.05, 0.1) is 0 Å². The van der Waals surface area contributed by atoms with Crippen LogP contribution in [0, 0.1) is 5.92 Å². The Labute approximate surface area is 162 Å². The summed E-state index contributed by atoms with van der Waals surface area (Å²) in [5.41, 5.74) is 10.8. The molecule has 1 heterocycles. The summed E-state index contributed by atoms with van der Waals surface area (Å²) in [7, 11) is 0. The minimum absolute atomic E-state index is 0.628. The minimum atomic E-state index is 0.628. The van der Waals surface area contributed by atoms with E-state index in [1.165, 1.54) is 60.8 Å². The first kappa shape index (κ1) is 16.7. The molecule has 2 atom stereocenters. The van der Waals surface area contributed by atoms with Crippen LogP contribution in [0.4, 0.5) is 0 Å². The van der Waals surface area contributed by atoms with Crippen LogP contribution in [-0.4, -0.2) is 4.98 Å². The van der Waals surface area contributed by atoms with Crippen LogP contribution in [-0.2, 0) is 25.7 Å². The standard InChI is InChI=1S/C26H27N/c1-2-22(21-7-5-15-27-17-21)19-10-12-24-20(16-19)11-14-25-23-8-4-3-6-18(23)9-13-26(24)25/h3-8,11,14-15,17,19,22H,2,9-10,12-13,16H2,1H3. The average molecular weight is 354 g/mol. The van der Waals surface area contributed by atoms with Crippen LogP contribution in [0.3, 0.4) is 0 Å². The van der Waals surface area contributed by atoms with Gasteiger partial charge in [-0.05, 0) is 95.4 Å². The van der Waals surface area contributed by atoms with Gasteiger partial charge in [-0.3, -0.25) is 4.98 Å². The van der Waals surface area contributed by atoms with Crippen molar-refractivity contribution in [3.8, 4) is 11.1 Å². The summed E-state index contributed by atoms with van der Waals surface area (Å²) in [6.45, 7) is 2.33. The quantitative estimate of drug-likeness (QED) is 0.550. The van der Waals surface area contributed by atoms with Crippen LogP contribution in [0.5, 0.6) is 0 Å². The van der Waals surface area contributed by atoms with Crippen molar-refractivity contribution < 1.29 is 0 Å². The molecule has 2 unspecified atom stereocenters. The molecule has 0 saturated carbocycles. The monoisotopic (exact) mass is 353 g/mol. The first-order valence-corrected chi connectivity index (χ1v) is 10.5. The first-order chi connectivity index (χ1) is 13.3. The molecule has 2 aromatic carbocycles. The van der Waals surface area contributed by atoms with Crippen LogP contribution in [0.2, 0.25) is 0 Å². The topological polar surface area (TPSA) is 12.9 Å². The number of hydrogen-bond acceptors (Lipinski definition) is 1. The van der Waals surface area contributed by atoms with E-state index in [9.17, 15) is 0 Å². The van der Waals surface area contributed by atoms with Crippen molar-refractivity contribution in [1.29, 1.82) is 0 Å². The maximum atomic E-state index is 4.37. The van der Waals surface area contributed by atoms with Gasteiger partial charge >= 0.3 is 0 Å². The molecule has 1 nitrogen and oxygen atoms in total. The highest BCUT2D eigenvalue weighted by atomic mass is 14.6. The van der Waals surface area contributed by atoms with E-state index in [-0.39, 0.29) is 0 Å². The maximum absolute atomic E-state index is 4.37. The molecule has 27 heavy (non-hydrogen) atoms. The molecule has 0 bridgehead atoms. The summed E-state index contributed by atoms with van der Waals surface area (Å²) in [5.74, 6) is 1.37. The molecular weight excluding hydrogens is 326 g/mol. The summed E-state index contributed by atoms with van der Waals surface area (Å²) >= 11 is 0. The van der Waals surface area contributed by atoms with Crippen molar-refractivity contribution in [1.82, 2.24) is 4.98 Å². The summed E-state index contributed by atoms with van der Waals surface area (Å²) in [6.07, 6.45) is 11.3. The maximum Gasteiger partial charge on any atom is 0.0302 e. The van der Waals surface area contributed by atoms with Gasteiger partial charge in [-0.2, -0.15) is 0 Å². The van der Waals surface area contributed by atoms with Crippen LogP contribution in [0.15, 0.2) is 60.9 Å². The number of nitrogens with zero attached hydrogens (tertiary/aromatic N) is 1. The van der Waals surface area contributed by atoms with E-state index >= 15 is 0 Å². The Morgan fingerprint density at radius 1 is 0.889 bits per heavy atom. The molecule has 2 aliphatic rings. The highest BCUT2D eigenvalue weighted by Crippen LogP contribution is 2.42. The van der Waals surface area contributed by atoms with Crippen LogP contribution in [0.1, 0.15) is 53.5 Å². The van der Waals surface area contributed by atoms with Gasteiger partial charge < -0.3 is 0 Å². The Balaban J connectivity index is 1.48. The van der Waals surface area contributed by atoms with Crippen molar-refractivity contribution in [3.63, 3.8) is 0 Å². The van der Waals surface area contributed by atoms with Gasteiger partial charge in [-0.25, -0.2) is 0 Å². The zero-order valence-electron chi connectivity index (χ0n) is 16.1. The van der Waals surface area contributed by atoms with Gasteiger partial charge in [-0.1, -0.05) is 49.4 Å². The summed E-state index contributed by atoms with van der Waals surface area (Å²) < 4.78 is 0. The van der Waals surface area contributed by atoms with Crippen molar-refractivity contribution in [2.75, 3.05) is 0 Å². The Hall–Kier alpha value is -2.41. The molecule has 0 saturated heterocycles. The van der Waals surface area contributed by atoms with Gasteiger partial charge in [0.1, 0.15) is 0 Å². The van der Waals surface area contributed by atoms with Crippen LogP contribution in [0.25, 0.3) is 11.1 Å². The zero-order chi connectivity index (χ0) is 18.2. The number of hydrogen-bond donors (Lipinski definition) is 0. The number of aromatic nitrogens is 1. The summed E-state index contributed by atoms with van der Waals surface area (Å²) in [6, 6.07) is 18.1. The minimum Gasteiger partial charge on any atom is -0.264 e. The van der Waals surface area contributed by atoms with Gasteiger partial charge in [0.25, 0.3) is 0 Å². The second-order valence-corrected chi connectivity index (χ2v) is 8.19. The molecule has 0 amide bonds. The lowest BCUT2D eigenvalue weighted by molar-refractivity contribution is 0.366. The van der Waals surface area contributed by atoms with Gasteiger partial charge in [-0.15, -0.1) is 0 Å². The molecule has 2 aliphatic carbocycles. The molecule has 0 fully saturated rings. The van der Waals surface area contributed by atoms with E-state index in [0.29, 0.717) is 5.92 Å². The molecule has 0 spiro atoms. The Bertz CT molecular complexity index is 957. The van der Waals surface area contributed by atoms with Crippen molar-refractivity contribution in [2.24, 2.45) is 5.92 Å². The lowest BCUT2D eigenvalue weighted by Crippen LogP contribution is -2.23. The van der Waals surface area contributed by atoms with Gasteiger partial charge in [0.2, 0.25) is 0 Å². The number of rotatable bonds is 3. The molecule has 1 aromatic heterocycles. The highest BCUT2D eigenvalue weighted by molar-refractivity contribution is 5.75. The molecule has 5 rings (SSSR count). The predicted octanol–water partition coefficient (Wildman–Crippen LogP) is 6.15. The van der Waals surface area contributed by atoms with E-state index in [1.807, 2.05) is 6.20 Å². The SMILES string of the molecule is CCC(c1cccnc1)C1CCc2c(ccc3c2CCc2ccccc2-3)C1. The smallest absolute Gasteiger partial charge is 0.0302 e. The van der Waals surface area contributed by atoms with E-state index in [2.05, 4.69) is 66.6 Å². The molecule has 1 heteroatoms. The molecule has 0 aliphatic heterocycles. The van der Waals surface area contributed by atoms with E-state index in [0.717, 1.165) is 5.92 Å². The number of pyridine rings is 1. The average Bonchev–Trinajstić information content (AvgIpc) is 2.74. The van der Waals surface area contributed by atoms with Crippen molar-refractivity contribution in [2.45, 2.75) is 51.4 Å². The van der Waals surface area contributed by atoms with Crippen LogP contribution >= 0.6 is 0 Å². The Kier molecular flexibility index (Phi) is 4.32. The zero-order valence-corrected chi connectivity index (χ0v) is 16.1. The predicted molar refractivity (Wildman–Crippen MR) is 112 cm³/mol. The number of fused-ring (bicyclic) bond motifs is 5. The molecular formula is C26H27N. The second kappa shape index (κ2) is 6.96. The third-order valence-electron chi connectivity index (χ3n) is 6.85. The molecule has 136 valence electrons. The lowest BCUT2D eigenvalue weighted by atomic mass is 9.71. The third-order valence-corrected chi connectivity index (χ3v) is 6.85. The second-order valence-electron chi connectivity index (χ2n) is 8.19. The largest absolute Gasteiger partial charge is 0.264 e. The van der Waals surface area contributed by atoms with Gasteiger partial charge in [0, 0.05) is 12.4 Å². The normalized spacial score (nSPS) is 18.9. The fourth-order valence-electron chi connectivity index (χ4n) is 5.54. The third kappa shape index (κ3) is 2.90. The van der Waals surface area contributed by atoms with E-state index < -0.39 is 0 Å². The number of aryl methyl sites for hydroxylation is 1. The van der Waals surface area contributed by atoms with Gasteiger partial charge in [0.15, 0.2) is 0 Å². The Morgan fingerprint density at radius 3 is 2.67 bits per heavy atom. The summed E-state index contributed by atoms with van der Waals surface area (Å²) in [4.78, 5) is 4.37. The molecule has 3 aromatic rings.